The number of fused-ring (bicyclic) bond motifs is 3. The molecule has 25 heteroatoms. The third-order valence-electron chi connectivity index (χ3n) is 12.1. The molecule has 3 aromatic carbocycles. The van der Waals surface area contributed by atoms with Crippen LogP contribution in [0.25, 0.3) is 33.1 Å². The number of esters is 1. The predicted molar refractivity (Wildman–Crippen MR) is 311 cm³/mol. The lowest BCUT2D eigenvalue weighted by Gasteiger charge is -2.66. The number of hydrogen-bond donors (Lipinski definition) is 2. The summed E-state index contributed by atoms with van der Waals surface area (Å²) in [5, 5.41) is 13.8. The first-order chi connectivity index (χ1) is 35.9. The summed E-state index contributed by atoms with van der Waals surface area (Å²) >= 11 is 17.9. The summed E-state index contributed by atoms with van der Waals surface area (Å²) in [5.74, 6) is -0.0488. The Bertz CT molecular complexity index is 4000. The fourth-order valence-electron chi connectivity index (χ4n) is 8.26. The van der Waals surface area contributed by atoms with Crippen LogP contribution in [0.4, 0.5) is 5.69 Å². The molecule has 0 radical (unpaired) electrons. The van der Waals surface area contributed by atoms with E-state index >= 15 is 0 Å². The Morgan fingerprint density at radius 1 is 0.658 bits per heavy atom. The summed E-state index contributed by atoms with van der Waals surface area (Å²) < 4.78 is 79.5. The van der Waals surface area contributed by atoms with Crippen LogP contribution in [0, 0.1) is 36.3 Å². The van der Waals surface area contributed by atoms with Gasteiger partial charge in [-0.1, -0.05) is 103 Å². The van der Waals surface area contributed by atoms with E-state index in [2.05, 4.69) is 19.9 Å². The first kappa shape index (κ1) is 63.4. The molecule has 3 fully saturated rings. The molecule has 2 bridgehead atoms. The molecule has 12 rings (SSSR count). The van der Waals surface area contributed by atoms with Crippen molar-refractivity contribution < 1.29 is 39.7 Å². The molecule has 3 aliphatic rings. The average molecular weight is 1220 g/mol. The van der Waals surface area contributed by atoms with Gasteiger partial charge in [-0.2, -0.15) is 0 Å². The van der Waals surface area contributed by atoms with Crippen LogP contribution < -0.4 is 5.73 Å². The zero-order valence-corrected chi connectivity index (χ0v) is 47.5. The monoisotopic (exact) mass is 1210 g/mol. The van der Waals surface area contributed by atoms with Gasteiger partial charge in [0.1, 0.15) is 22.5 Å². The number of halogens is 4. The molecule has 3 N–H and O–H groups in total. The van der Waals surface area contributed by atoms with Gasteiger partial charge < -0.3 is 15.5 Å². The number of nitrogens with zero attached hydrogens (tertiary/aromatic N) is 6. The van der Waals surface area contributed by atoms with Gasteiger partial charge in [0.05, 0.1) is 35.1 Å². The number of hydrogen-bond acceptors (Lipinski definition) is 14. The molecule has 0 spiro atoms. The van der Waals surface area contributed by atoms with Crippen LogP contribution in [-0.2, 0) is 38.6 Å². The van der Waals surface area contributed by atoms with E-state index in [0.29, 0.717) is 16.1 Å². The van der Waals surface area contributed by atoms with Gasteiger partial charge in [0, 0.05) is 63.4 Å². The van der Waals surface area contributed by atoms with Crippen LogP contribution in [0.1, 0.15) is 71.6 Å². The van der Waals surface area contributed by atoms with Gasteiger partial charge >= 0.3 is 11.7 Å². The van der Waals surface area contributed by atoms with E-state index in [1.165, 1.54) is 48.9 Å². The second-order valence-corrected chi connectivity index (χ2v) is 26.7. The number of ether oxygens (including phenoxy) is 1. The van der Waals surface area contributed by atoms with Gasteiger partial charge in [0.2, 0.25) is 0 Å². The largest absolute Gasteiger partial charge is 0.460 e. The number of aromatic amines is 1. The van der Waals surface area contributed by atoms with Crippen LogP contribution in [0.15, 0.2) is 155 Å². The van der Waals surface area contributed by atoms with E-state index in [0.717, 1.165) is 66.2 Å². The lowest BCUT2D eigenvalue weighted by Crippen LogP contribution is -2.75. The maximum absolute atomic E-state index is 12.7. The smallest absolute Gasteiger partial charge is 0.312 e. The number of H-pyrrole nitrogens is 1. The Kier molecular flexibility index (Phi) is 19.7. The van der Waals surface area contributed by atoms with Crippen molar-refractivity contribution in [1.29, 1.82) is 0 Å². The number of rotatable bonds is 7. The third kappa shape index (κ3) is 14.3. The Hall–Kier alpha value is -6.43. The molecule has 0 atom stereocenters. The van der Waals surface area contributed by atoms with E-state index in [1.807, 2.05) is 53.8 Å². The average Bonchev–Trinajstić information content (AvgIpc) is 4.12. The number of nitrogens with one attached hydrogen (secondary N) is 1. The predicted octanol–water partition coefficient (Wildman–Crippen LogP) is 13.0. The summed E-state index contributed by atoms with van der Waals surface area (Å²) in [6.45, 7) is 11.3. The van der Waals surface area contributed by atoms with Crippen LogP contribution in [0.5, 0.6) is 0 Å². The van der Waals surface area contributed by atoms with E-state index < -0.39 is 34.0 Å². The van der Waals surface area contributed by atoms with E-state index in [4.69, 9.17) is 56.0 Å². The number of aromatic nitrogens is 6. The molecule has 18 nitrogen and oxygen atoms in total. The number of benzene rings is 3. The fourth-order valence-corrected chi connectivity index (χ4v) is 12.3. The highest BCUT2D eigenvalue weighted by Gasteiger charge is 2.71. The molecule has 6 heterocycles. The zero-order chi connectivity index (χ0) is 56.5. The van der Waals surface area contributed by atoms with Crippen LogP contribution >= 0.6 is 45.5 Å². The maximum atomic E-state index is 12.7. The SMILES string of the molecule is C.C.CC(C)(C)OC(=O)C12CC(N)(C1)C2.Cc1ccc(S(=O)(=O)Cl)cc1.Cc1ccc(S(=O)(=O)n2ccc3c(Cl)c([N+](=O)[O-])cnc32)cc1.Cc1ccc(S(=O)(=O)n2ccc3c(Cl)ccnc32)cc1.Clc1ccnc2[nH]ccc12. The molecule has 0 aliphatic heterocycles. The Morgan fingerprint density at radius 2 is 1.09 bits per heavy atom. The highest BCUT2D eigenvalue weighted by molar-refractivity contribution is 8.13. The van der Waals surface area contributed by atoms with Crippen LogP contribution in [-0.4, -0.2) is 75.2 Å². The molecule has 0 saturated heterocycles. The van der Waals surface area contributed by atoms with Gasteiger partial charge in [-0.3, -0.25) is 14.9 Å². The summed E-state index contributed by atoms with van der Waals surface area (Å²) in [5.41, 5.74) is 9.07. The fraction of sp³-hybridized carbons (Fsp3) is 0.259. The third-order valence-corrected chi connectivity index (χ3v) is 17.9. The van der Waals surface area contributed by atoms with Crippen molar-refractivity contribution in [1.82, 2.24) is 27.9 Å². The number of aryl methyl sites for hydroxylation is 3. The van der Waals surface area contributed by atoms with Crippen molar-refractivity contribution in [3.8, 4) is 0 Å². The Balaban J connectivity index is 0.000000187. The molecule has 3 saturated carbocycles. The molecule has 3 aliphatic carbocycles. The minimum atomic E-state index is -3.86. The normalized spacial score (nSPS) is 16.2. The Labute approximate surface area is 478 Å². The lowest BCUT2D eigenvalue weighted by molar-refractivity contribution is -0.384. The van der Waals surface area contributed by atoms with Crippen molar-refractivity contribution in [2.24, 2.45) is 11.1 Å². The van der Waals surface area contributed by atoms with Crippen molar-refractivity contribution >= 4 is 119 Å². The highest BCUT2D eigenvalue weighted by atomic mass is 35.7. The molecule has 79 heavy (non-hydrogen) atoms. The van der Waals surface area contributed by atoms with Crippen molar-refractivity contribution in [3.05, 3.63) is 182 Å². The summed E-state index contributed by atoms with van der Waals surface area (Å²) in [6.07, 6.45) is 11.2. The number of carbonyl (C=O) groups is 1. The summed E-state index contributed by atoms with van der Waals surface area (Å²) in [6, 6.07) is 27.8. The lowest BCUT2D eigenvalue weighted by atomic mass is 9.40. The first-order valence-corrected chi connectivity index (χ1v) is 29.4. The number of nitrogens with two attached hydrogens (primary N) is 1. The van der Waals surface area contributed by atoms with Crippen LogP contribution in [0.3, 0.4) is 0 Å². The molecule has 420 valence electrons. The van der Waals surface area contributed by atoms with Crippen LogP contribution in [0.2, 0.25) is 15.1 Å². The number of nitro groups is 1. The molecular weight excluding hydrogens is 1160 g/mol. The van der Waals surface area contributed by atoms with E-state index in [9.17, 15) is 40.2 Å². The molecule has 0 amide bonds. The van der Waals surface area contributed by atoms with Gasteiger partial charge in [-0.15, -0.1) is 0 Å². The molecular formula is C54H58Cl4N8O10S3. The molecule has 0 unspecified atom stereocenters. The van der Waals surface area contributed by atoms with Gasteiger partial charge in [-0.25, -0.2) is 48.2 Å². The second-order valence-electron chi connectivity index (χ2n) is 19.3. The number of pyridine rings is 3. The van der Waals surface area contributed by atoms with Crippen molar-refractivity contribution in [2.75, 3.05) is 0 Å². The quantitative estimate of drug-likeness (QED) is 0.0651. The van der Waals surface area contributed by atoms with Crippen molar-refractivity contribution in [3.63, 3.8) is 0 Å². The summed E-state index contributed by atoms with van der Waals surface area (Å²) in [4.78, 5) is 37.4. The standard InChI is InChI=1S/C14H10ClN3O4S.C14H11ClN2O2S.C10H17NO2.C7H5ClN2.C7H7ClO2S.2CH4/c1-9-2-4-10(5-3-9)23(21,22)17-7-6-11-13(15)12(18(19)20)8-16-14(11)17;1-10-2-4-11(5-3-10)20(18,19)17-9-7-12-13(15)6-8-16-14(12)17;1-8(2,3)13-7(12)9-4-10(11,5-9)6-9;8-6-2-4-10-7-5(6)1-3-9-7;1-6-2-4-7(5-3-6)11(8,9)10;;/h2-8H,1H3;2-9H,1H3;4-6,11H2,1-3H3;1-4H,(H,9,10);2-5H,1H3;2*1H4. The van der Waals surface area contributed by atoms with E-state index in [-0.39, 0.29) is 73.8 Å². The maximum Gasteiger partial charge on any atom is 0.312 e. The molecule has 6 aromatic heterocycles. The minimum Gasteiger partial charge on any atom is -0.460 e. The van der Waals surface area contributed by atoms with Crippen molar-refractivity contribution in [2.45, 2.75) is 101 Å². The zero-order valence-electron chi connectivity index (χ0n) is 42.0. The van der Waals surface area contributed by atoms with Gasteiger partial charge in [-0.05, 0) is 128 Å². The first-order valence-electron chi connectivity index (χ1n) is 23.1. The Morgan fingerprint density at radius 3 is 1.52 bits per heavy atom. The molecule has 9 aromatic rings. The van der Waals surface area contributed by atoms with Gasteiger partial charge in [0.25, 0.3) is 29.1 Å². The second kappa shape index (κ2) is 24.5. The minimum absolute atomic E-state index is 0. The number of carbonyl (C=O) groups excluding carboxylic acids is 1. The highest BCUT2D eigenvalue weighted by Crippen LogP contribution is 2.66. The topological polar surface area (TPSA) is 262 Å². The van der Waals surface area contributed by atoms with Gasteiger partial charge in [0.15, 0.2) is 11.3 Å². The summed E-state index contributed by atoms with van der Waals surface area (Å²) in [7, 11) is -5.99. The van der Waals surface area contributed by atoms with E-state index in [1.54, 1.807) is 72.9 Å².